The van der Waals surface area contributed by atoms with Crippen LogP contribution in [0.3, 0.4) is 0 Å². The van der Waals surface area contributed by atoms with E-state index in [4.69, 9.17) is 4.74 Å². The van der Waals surface area contributed by atoms with Crippen LogP contribution in [0.4, 0.5) is 0 Å². The van der Waals surface area contributed by atoms with Crippen molar-refractivity contribution in [2.75, 3.05) is 13.2 Å². The molecule has 0 aliphatic carbocycles. The van der Waals surface area contributed by atoms with Crippen LogP contribution < -0.4 is 0 Å². The summed E-state index contributed by atoms with van der Waals surface area (Å²) in [7, 11) is -1.11. The summed E-state index contributed by atoms with van der Waals surface area (Å²) in [5, 5.41) is 0. The quantitative estimate of drug-likeness (QED) is 0.589. The van der Waals surface area contributed by atoms with Gasteiger partial charge in [-0.1, -0.05) is 20.0 Å². The first-order valence-corrected chi connectivity index (χ1v) is 7.37. The van der Waals surface area contributed by atoms with Crippen LogP contribution in [0.1, 0.15) is 6.92 Å². The van der Waals surface area contributed by atoms with Crippen molar-refractivity contribution < 1.29 is 4.74 Å². The molecule has 0 saturated carbocycles. The van der Waals surface area contributed by atoms with E-state index in [0.717, 1.165) is 13.2 Å². The maximum atomic E-state index is 5.14. The molecule has 0 saturated heterocycles. The highest BCUT2D eigenvalue weighted by atomic mass is 28.3. The summed E-state index contributed by atoms with van der Waals surface area (Å²) in [6.45, 7) is 8.98. The lowest BCUT2D eigenvalue weighted by molar-refractivity contribution is 0.205. The van der Waals surface area contributed by atoms with Gasteiger partial charge in [-0.25, -0.2) is 0 Å². The van der Waals surface area contributed by atoms with Gasteiger partial charge in [-0.2, -0.15) is 0 Å². The van der Waals surface area contributed by atoms with E-state index in [1.807, 2.05) is 6.26 Å². The molecule has 1 aliphatic rings. The average molecular weight is 171 g/mol. The molecule has 0 aromatic carbocycles. The van der Waals surface area contributed by atoms with Crippen molar-refractivity contribution in [1.29, 1.82) is 0 Å². The zero-order valence-electron chi connectivity index (χ0n) is 7.63. The molecule has 64 valence electrons. The Kier molecular flexibility index (Phi) is 2.60. The third kappa shape index (κ3) is 1.99. The second-order valence-electron chi connectivity index (χ2n) is 3.52. The molecule has 0 fully saturated rings. The maximum absolute atomic E-state index is 5.14. The number of ether oxygens (including phenoxy) is 1. The van der Waals surface area contributed by atoms with Crippen molar-refractivity contribution in [2.45, 2.75) is 26.1 Å². The summed E-state index contributed by atoms with van der Waals surface area (Å²) in [6, 6.07) is 1.30. The first-order valence-electron chi connectivity index (χ1n) is 4.22. The molecule has 0 aromatic heterocycles. The zero-order valence-corrected chi connectivity index (χ0v) is 8.63. The minimum absolute atomic E-state index is 0.854. The molecular formula is C8H17NOSi. The van der Waals surface area contributed by atoms with Gasteiger partial charge in [-0.3, -0.25) is 0 Å². The number of nitrogens with zero attached hydrogens (tertiary/aromatic N) is 1. The van der Waals surface area contributed by atoms with Crippen LogP contribution in [-0.2, 0) is 4.74 Å². The van der Waals surface area contributed by atoms with Crippen LogP contribution in [0.25, 0.3) is 0 Å². The molecule has 0 bridgehead atoms. The minimum atomic E-state index is -1.11. The Balaban J connectivity index is 2.57. The first kappa shape index (κ1) is 8.65. The van der Waals surface area contributed by atoms with Gasteiger partial charge in [0.05, 0.1) is 6.26 Å². The third-order valence-electron chi connectivity index (χ3n) is 2.43. The van der Waals surface area contributed by atoms with Gasteiger partial charge in [-0.05, 0) is 6.04 Å². The molecule has 0 radical (unpaired) electrons. The van der Waals surface area contributed by atoms with Gasteiger partial charge in [0, 0.05) is 12.7 Å². The van der Waals surface area contributed by atoms with Gasteiger partial charge in [-0.15, -0.1) is 0 Å². The fourth-order valence-electron chi connectivity index (χ4n) is 1.12. The summed E-state index contributed by atoms with van der Waals surface area (Å²) < 4.78 is 7.61. The average Bonchev–Trinajstić information content (AvgIpc) is 2.06. The summed E-state index contributed by atoms with van der Waals surface area (Å²) >= 11 is 0. The largest absolute Gasteiger partial charge is 0.498 e. The van der Waals surface area contributed by atoms with E-state index in [-0.39, 0.29) is 0 Å². The van der Waals surface area contributed by atoms with Gasteiger partial charge in [0.15, 0.2) is 0 Å². The van der Waals surface area contributed by atoms with Crippen molar-refractivity contribution >= 4 is 8.24 Å². The Morgan fingerprint density at radius 3 is 2.73 bits per heavy atom. The van der Waals surface area contributed by atoms with Gasteiger partial charge < -0.3 is 9.30 Å². The Hall–Kier alpha value is -0.443. The lowest BCUT2D eigenvalue weighted by Crippen LogP contribution is -2.47. The highest BCUT2D eigenvalue weighted by molar-refractivity contribution is 6.74. The minimum Gasteiger partial charge on any atom is -0.498 e. The summed E-state index contributed by atoms with van der Waals surface area (Å²) in [5.74, 6) is 0. The van der Waals surface area contributed by atoms with Crippen LogP contribution in [0.15, 0.2) is 12.5 Å². The molecule has 2 nitrogen and oxygen atoms in total. The SMILES string of the molecule is CC[Si](C)(C)N1C=COCC1. The monoisotopic (exact) mass is 171 g/mol. The zero-order chi connectivity index (χ0) is 8.32. The van der Waals surface area contributed by atoms with Gasteiger partial charge in [0.2, 0.25) is 0 Å². The standard InChI is InChI=1S/C8H17NOSi/c1-4-11(2,3)9-5-7-10-8-6-9/h5,7H,4,6,8H2,1-3H3. The maximum Gasteiger partial charge on any atom is 0.149 e. The lowest BCUT2D eigenvalue weighted by Gasteiger charge is -2.36. The van der Waals surface area contributed by atoms with Gasteiger partial charge in [0.1, 0.15) is 14.8 Å². The van der Waals surface area contributed by atoms with E-state index in [9.17, 15) is 0 Å². The molecule has 0 N–H and O–H groups in total. The van der Waals surface area contributed by atoms with Crippen LogP contribution in [0.5, 0.6) is 0 Å². The molecule has 0 unspecified atom stereocenters. The topological polar surface area (TPSA) is 12.5 Å². The van der Waals surface area contributed by atoms with Crippen molar-refractivity contribution in [3.63, 3.8) is 0 Å². The molecule has 3 heteroatoms. The van der Waals surface area contributed by atoms with Crippen molar-refractivity contribution in [2.24, 2.45) is 0 Å². The highest BCUT2D eigenvalue weighted by Gasteiger charge is 2.25. The Morgan fingerprint density at radius 1 is 1.55 bits per heavy atom. The number of rotatable bonds is 2. The van der Waals surface area contributed by atoms with E-state index in [2.05, 4.69) is 30.8 Å². The third-order valence-corrected chi connectivity index (χ3v) is 6.09. The van der Waals surface area contributed by atoms with Gasteiger partial charge >= 0.3 is 0 Å². The van der Waals surface area contributed by atoms with Crippen LogP contribution in [0.2, 0.25) is 19.1 Å². The van der Waals surface area contributed by atoms with E-state index >= 15 is 0 Å². The molecule has 0 spiro atoms. The van der Waals surface area contributed by atoms with Crippen LogP contribution >= 0.6 is 0 Å². The van der Waals surface area contributed by atoms with Crippen molar-refractivity contribution in [3.05, 3.63) is 12.5 Å². The summed E-state index contributed by atoms with van der Waals surface area (Å²) in [5.41, 5.74) is 0. The number of hydrogen-bond donors (Lipinski definition) is 0. The Labute approximate surface area is 69.9 Å². The van der Waals surface area contributed by atoms with Crippen molar-refractivity contribution in [3.8, 4) is 0 Å². The molecule has 0 atom stereocenters. The highest BCUT2D eigenvalue weighted by Crippen LogP contribution is 2.16. The molecule has 1 aliphatic heterocycles. The Morgan fingerprint density at radius 2 is 2.27 bits per heavy atom. The normalized spacial score (nSPS) is 18.3. The smallest absolute Gasteiger partial charge is 0.149 e. The van der Waals surface area contributed by atoms with Crippen LogP contribution in [-0.4, -0.2) is 26.0 Å². The van der Waals surface area contributed by atoms with Crippen molar-refractivity contribution in [1.82, 2.24) is 4.57 Å². The molecular weight excluding hydrogens is 154 g/mol. The summed E-state index contributed by atoms with van der Waals surface area (Å²) in [4.78, 5) is 0. The molecule has 0 aromatic rings. The van der Waals surface area contributed by atoms with E-state index in [1.54, 1.807) is 0 Å². The second-order valence-corrected chi connectivity index (χ2v) is 8.42. The molecule has 11 heavy (non-hydrogen) atoms. The first-order chi connectivity index (χ1) is 5.17. The fraction of sp³-hybridized carbons (Fsp3) is 0.750. The number of hydrogen-bond acceptors (Lipinski definition) is 2. The molecule has 1 heterocycles. The Bertz CT molecular complexity index is 156. The lowest BCUT2D eigenvalue weighted by atomic mass is 10.6. The van der Waals surface area contributed by atoms with E-state index < -0.39 is 8.24 Å². The van der Waals surface area contributed by atoms with Gasteiger partial charge in [0.25, 0.3) is 0 Å². The predicted molar refractivity (Wildman–Crippen MR) is 49.8 cm³/mol. The predicted octanol–water partition coefficient (Wildman–Crippen LogP) is 2.01. The van der Waals surface area contributed by atoms with Crippen LogP contribution in [0, 0.1) is 0 Å². The second kappa shape index (κ2) is 3.30. The summed E-state index contributed by atoms with van der Waals surface area (Å²) in [6.07, 6.45) is 3.91. The molecule has 0 amide bonds. The van der Waals surface area contributed by atoms with E-state index in [0.29, 0.717) is 0 Å². The fourth-order valence-corrected chi connectivity index (χ4v) is 2.68. The molecule has 1 rings (SSSR count). The van der Waals surface area contributed by atoms with E-state index in [1.165, 1.54) is 6.04 Å².